The standard InChI is InChI=1S/C12H22N2O3/c1-4-14(9(2)3)11(17)13-8-12(10(15)16)6-5-7-12/h9H,4-8H2,1-3H3,(H,13,17)(H,15,16). The van der Waals surface area contributed by atoms with Crippen LogP contribution in [0.5, 0.6) is 0 Å². The molecule has 0 aromatic heterocycles. The Morgan fingerprint density at radius 2 is 2.00 bits per heavy atom. The summed E-state index contributed by atoms with van der Waals surface area (Å²) in [6, 6.07) is -0.0443. The predicted octanol–water partition coefficient (Wildman–Crippen LogP) is 1.68. The number of nitrogens with zero attached hydrogens (tertiary/aromatic N) is 1. The highest BCUT2D eigenvalue weighted by molar-refractivity contribution is 5.79. The number of carbonyl (C=O) groups is 2. The molecule has 0 aromatic carbocycles. The van der Waals surface area contributed by atoms with Gasteiger partial charge in [-0.1, -0.05) is 6.42 Å². The average molecular weight is 242 g/mol. The molecule has 0 aromatic rings. The normalized spacial score (nSPS) is 17.4. The monoisotopic (exact) mass is 242 g/mol. The van der Waals surface area contributed by atoms with E-state index in [1.54, 1.807) is 4.90 Å². The molecule has 1 aliphatic carbocycles. The van der Waals surface area contributed by atoms with Gasteiger partial charge in [-0.05, 0) is 33.6 Å². The molecule has 98 valence electrons. The summed E-state index contributed by atoms with van der Waals surface area (Å²) in [6.45, 7) is 6.67. The van der Waals surface area contributed by atoms with Gasteiger partial charge >= 0.3 is 12.0 Å². The number of amides is 2. The maximum absolute atomic E-state index is 11.8. The first-order chi connectivity index (χ1) is 7.93. The molecule has 17 heavy (non-hydrogen) atoms. The number of carbonyl (C=O) groups excluding carboxylic acids is 1. The van der Waals surface area contributed by atoms with Gasteiger partial charge in [0, 0.05) is 19.1 Å². The summed E-state index contributed by atoms with van der Waals surface area (Å²) < 4.78 is 0. The topological polar surface area (TPSA) is 69.6 Å². The van der Waals surface area contributed by atoms with Crippen molar-refractivity contribution in [3.63, 3.8) is 0 Å². The number of carboxylic acid groups (broad SMARTS) is 1. The van der Waals surface area contributed by atoms with Gasteiger partial charge in [-0.15, -0.1) is 0 Å². The fourth-order valence-corrected chi connectivity index (χ4v) is 2.16. The van der Waals surface area contributed by atoms with Gasteiger partial charge in [-0.25, -0.2) is 4.79 Å². The predicted molar refractivity (Wildman–Crippen MR) is 64.8 cm³/mol. The van der Waals surface area contributed by atoms with E-state index in [0.29, 0.717) is 19.4 Å². The first-order valence-electron chi connectivity index (χ1n) is 6.21. The number of nitrogens with one attached hydrogen (secondary N) is 1. The summed E-state index contributed by atoms with van der Waals surface area (Å²) in [5.74, 6) is -0.795. The zero-order chi connectivity index (χ0) is 13.1. The van der Waals surface area contributed by atoms with E-state index in [9.17, 15) is 9.59 Å². The smallest absolute Gasteiger partial charge is 0.317 e. The summed E-state index contributed by atoms with van der Waals surface area (Å²) in [5, 5.41) is 11.9. The fourth-order valence-electron chi connectivity index (χ4n) is 2.16. The molecular weight excluding hydrogens is 220 g/mol. The first-order valence-corrected chi connectivity index (χ1v) is 6.21. The molecule has 0 spiro atoms. The zero-order valence-corrected chi connectivity index (χ0v) is 10.8. The van der Waals surface area contributed by atoms with Crippen LogP contribution >= 0.6 is 0 Å². The zero-order valence-electron chi connectivity index (χ0n) is 10.8. The number of rotatable bonds is 5. The summed E-state index contributed by atoms with van der Waals surface area (Å²) >= 11 is 0. The summed E-state index contributed by atoms with van der Waals surface area (Å²) in [4.78, 5) is 24.7. The van der Waals surface area contributed by atoms with Gasteiger partial charge in [-0.2, -0.15) is 0 Å². The van der Waals surface area contributed by atoms with Gasteiger partial charge in [0.1, 0.15) is 0 Å². The lowest BCUT2D eigenvalue weighted by Crippen LogP contribution is -2.51. The van der Waals surface area contributed by atoms with Crippen LogP contribution < -0.4 is 5.32 Å². The van der Waals surface area contributed by atoms with Crippen LogP contribution in [-0.4, -0.2) is 41.1 Å². The first kappa shape index (κ1) is 13.8. The minimum absolute atomic E-state index is 0.127. The van der Waals surface area contributed by atoms with Crippen molar-refractivity contribution in [3.8, 4) is 0 Å². The second-order valence-corrected chi connectivity index (χ2v) is 4.98. The van der Waals surface area contributed by atoms with Gasteiger partial charge in [0.15, 0.2) is 0 Å². The number of urea groups is 1. The lowest BCUT2D eigenvalue weighted by molar-refractivity contribution is -0.153. The Bertz CT molecular complexity index is 298. The van der Waals surface area contributed by atoms with E-state index >= 15 is 0 Å². The van der Waals surface area contributed by atoms with E-state index in [-0.39, 0.29) is 18.6 Å². The van der Waals surface area contributed by atoms with Crippen molar-refractivity contribution in [3.05, 3.63) is 0 Å². The molecule has 0 bridgehead atoms. The number of hydrogen-bond donors (Lipinski definition) is 2. The van der Waals surface area contributed by atoms with Crippen molar-refractivity contribution >= 4 is 12.0 Å². The van der Waals surface area contributed by atoms with Gasteiger partial charge in [-0.3, -0.25) is 4.79 Å². The molecule has 0 atom stereocenters. The third-order valence-electron chi connectivity index (χ3n) is 3.57. The Labute approximate surface area is 102 Å². The largest absolute Gasteiger partial charge is 0.481 e. The van der Waals surface area contributed by atoms with Crippen LogP contribution in [0.1, 0.15) is 40.0 Å². The van der Waals surface area contributed by atoms with E-state index in [1.165, 1.54) is 0 Å². The Hall–Kier alpha value is -1.26. The molecule has 2 N–H and O–H groups in total. The second-order valence-electron chi connectivity index (χ2n) is 4.98. The van der Waals surface area contributed by atoms with Gasteiger partial charge < -0.3 is 15.3 Å². The van der Waals surface area contributed by atoms with Crippen LogP contribution in [0.15, 0.2) is 0 Å². The second kappa shape index (κ2) is 5.38. The van der Waals surface area contributed by atoms with Crippen molar-refractivity contribution in [2.75, 3.05) is 13.1 Å². The minimum Gasteiger partial charge on any atom is -0.481 e. The maximum atomic E-state index is 11.8. The molecule has 0 unspecified atom stereocenters. The van der Waals surface area contributed by atoms with Crippen molar-refractivity contribution in [1.29, 1.82) is 0 Å². The molecule has 2 amide bonds. The van der Waals surface area contributed by atoms with Gasteiger partial charge in [0.05, 0.1) is 5.41 Å². The highest BCUT2D eigenvalue weighted by Crippen LogP contribution is 2.40. The molecule has 5 nitrogen and oxygen atoms in total. The van der Waals surface area contributed by atoms with E-state index in [2.05, 4.69) is 5.32 Å². The Morgan fingerprint density at radius 3 is 2.29 bits per heavy atom. The van der Waals surface area contributed by atoms with Gasteiger partial charge in [0.25, 0.3) is 0 Å². The molecule has 0 heterocycles. The Kier molecular flexibility index (Phi) is 4.37. The van der Waals surface area contributed by atoms with E-state index in [4.69, 9.17) is 5.11 Å². The fraction of sp³-hybridized carbons (Fsp3) is 0.833. The Balaban J connectivity index is 2.49. The molecule has 0 radical (unpaired) electrons. The summed E-state index contributed by atoms with van der Waals surface area (Å²) in [6.07, 6.45) is 2.26. The van der Waals surface area contributed by atoms with Crippen LogP contribution in [-0.2, 0) is 4.79 Å². The Morgan fingerprint density at radius 1 is 1.41 bits per heavy atom. The summed E-state index contributed by atoms with van der Waals surface area (Å²) in [7, 11) is 0. The average Bonchev–Trinajstić information content (AvgIpc) is 2.15. The van der Waals surface area contributed by atoms with Crippen LogP contribution in [0, 0.1) is 5.41 Å². The molecule has 5 heteroatoms. The van der Waals surface area contributed by atoms with Crippen LogP contribution in [0.2, 0.25) is 0 Å². The third-order valence-corrected chi connectivity index (χ3v) is 3.57. The van der Waals surface area contributed by atoms with Crippen molar-refractivity contribution in [2.24, 2.45) is 5.41 Å². The molecule has 0 saturated heterocycles. The highest BCUT2D eigenvalue weighted by Gasteiger charge is 2.44. The van der Waals surface area contributed by atoms with E-state index in [0.717, 1.165) is 6.42 Å². The van der Waals surface area contributed by atoms with E-state index < -0.39 is 11.4 Å². The lowest BCUT2D eigenvalue weighted by atomic mass is 9.69. The van der Waals surface area contributed by atoms with Gasteiger partial charge in [0.2, 0.25) is 0 Å². The lowest BCUT2D eigenvalue weighted by Gasteiger charge is -2.38. The van der Waals surface area contributed by atoms with Crippen molar-refractivity contribution in [1.82, 2.24) is 10.2 Å². The number of aliphatic carboxylic acids is 1. The third kappa shape index (κ3) is 2.90. The van der Waals surface area contributed by atoms with Crippen LogP contribution in [0.3, 0.4) is 0 Å². The van der Waals surface area contributed by atoms with Crippen LogP contribution in [0.4, 0.5) is 4.79 Å². The molecule has 1 rings (SSSR count). The number of hydrogen-bond acceptors (Lipinski definition) is 2. The van der Waals surface area contributed by atoms with Crippen molar-refractivity contribution < 1.29 is 14.7 Å². The summed E-state index contributed by atoms with van der Waals surface area (Å²) in [5.41, 5.74) is -0.716. The van der Waals surface area contributed by atoms with Crippen molar-refractivity contribution in [2.45, 2.75) is 46.1 Å². The SMILES string of the molecule is CCN(C(=O)NCC1(C(=O)O)CCC1)C(C)C. The molecule has 1 saturated carbocycles. The molecule has 0 aliphatic heterocycles. The quantitative estimate of drug-likeness (QED) is 0.770. The van der Waals surface area contributed by atoms with E-state index in [1.807, 2.05) is 20.8 Å². The minimum atomic E-state index is -0.795. The highest BCUT2D eigenvalue weighted by atomic mass is 16.4. The molecule has 1 aliphatic rings. The molecular formula is C12H22N2O3. The van der Waals surface area contributed by atoms with Crippen LogP contribution in [0.25, 0.3) is 0 Å². The maximum Gasteiger partial charge on any atom is 0.317 e. The number of carboxylic acids is 1. The molecule has 1 fully saturated rings.